The van der Waals surface area contributed by atoms with Crippen LogP contribution in [0.15, 0.2) is 48.8 Å². The lowest BCUT2D eigenvalue weighted by Crippen LogP contribution is -2.64. The fourth-order valence-electron chi connectivity index (χ4n) is 4.42. The third-order valence-electron chi connectivity index (χ3n) is 5.71. The van der Waals surface area contributed by atoms with E-state index < -0.39 is 0 Å². The standard InChI is InChI=1S/C21H26N4O/c1-15-4-2-6-18(12-15)23-21(26)24-20-17-7-10-25(11-8-17)19(20)13-16-5-3-9-22-14-16/h2-6,9,12,14,17,19-20H,7-8,10-11,13H2,1H3,(H2,23,24,26)/t19-,20+/m0/s1. The van der Waals surface area contributed by atoms with Gasteiger partial charge in [0.25, 0.3) is 0 Å². The Labute approximate surface area is 154 Å². The van der Waals surface area contributed by atoms with Crippen LogP contribution >= 0.6 is 0 Å². The highest BCUT2D eigenvalue weighted by atomic mass is 16.2. The number of nitrogens with one attached hydrogen (secondary N) is 2. The van der Waals surface area contributed by atoms with Crippen LogP contribution in [-0.4, -0.2) is 41.1 Å². The number of hydrogen-bond donors (Lipinski definition) is 2. The minimum absolute atomic E-state index is 0.106. The van der Waals surface area contributed by atoms with Crippen molar-refractivity contribution in [3.8, 4) is 0 Å². The summed E-state index contributed by atoms with van der Waals surface area (Å²) < 4.78 is 0. The first-order valence-electron chi connectivity index (χ1n) is 9.46. The van der Waals surface area contributed by atoms with Gasteiger partial charge in [-0.15, -0.1) is 0 Å². The summed E-state index contributed by atoms with van der Waals surface area (Å²) in [5.41, 5.74) is 3.21. The second kappa shape index (κ2) is 7.46. The molecule has 5 rings (SSSR count). The van der Waals surface area contributed by atoms with Crippen LogP contribution in [0.1, 0.15) is 24.0 Å². The van der Waals surface area contributed by atoms with Crippen molar-refractivity contribution in [2.75, 3.05) is 18.4 Å². The van der Waals surface area contributed by atoms with E-state index in [9.17, 15) is 4.79 Å². The zero-order valence-electron chi connectivity index (χ0n) is 15.2. The number of aromatic nitrogens is 1. The van der Waals surface area contributed by atoms with E-state index in [1.807, 2.05) is 49.6 Å². The van der Waals surface area contributed by atoms with Gasteiger partial charge in [-0.25, -0.2) is 4.79 Å². The Hall–Kier alpha value is -2.40. The third kappa shape index (κ3) is 3.73. The van der Waals surface area contributed by atoms with Gasteiger partial charge in [0.1, 0.15) is 0 Å². The summed E-state index contributed by atoms with van der Waals surface area (Å²) in [7, 11) is 0. The molecule has 5 heteroatoms. The molecule has 136 valence electrons. The van der Waals surface area contributed by atoms with E-state index in [0.717, 1.165) is 30.8 Å². The molecule has 2 aromatic rings. The molecule has 3 saturated heterocycles. The maximum atomic E-state index is 12.6. The number of benzene rings is 1. The largest absolute Gasteiger partial charge is 0.333 e. The Balaban J connectivity index is 1.46. The molecule has 0 aliphatic carbocycles. The fourth-order valence-corrected chi connectivity index (χ4v) is 4.42. The first-order valence-corrected chi connectivity index (χ1v) is 9.46. The van der Waals surface area contributed by atoms with Crippen LogP contribution in [0.2, 0.25) is 0 Å². The highest BCUT2D eigenvalue weighted by molar-refractivity contribution is 5.89. The molecule has 0 unspecified atom stereocenters. The second-order valence-electron chi connectivity index (χ2n) is 7.50. The number of anilines is 1. The van der Waals surface area contributed by atoms with Crippen molar-refractivity contribution in [3.63, 3.8) is 0 Å². The molecule has 0 radical (unpaired) electrons. The van der Waals surface area contributed by atoms with Crippen LogP contribution in [0.25, 0.3) is 0 Å². The van der Waals surface area contributed by atoms with Gasteiger partial charge in [0.2, 0.25) is 0 Å². The summed E-state index contributed by atoms with van der Waals surface area (Å²) in [6, 6.07) is 12.4. The van der Waals surface area contributed by atoms with Gasteiger partial charge in [-0.05, 0) is 74.5 Å². The van der Waals surface area contributed by atoms with E-state index >= 15 is 0 Å². The lowest BCUT2D eigenvalue weighted by atomic mass is 9.77. The lowest BCUT2D eigenvalue weighted by molar-refractivity contribution is 0.0184. The van der Waals surface area contributed by atoms with Crippen molar-refractivity contribution >= 4 is 11.7 Å². The van der Waals surface area contributed by atoms with E-state index in [2.05, 4.69) is 26.6 Å². The number of urea groups is 1. The molecule has 2 N–H and O–H groups in total. The lowest BCUT2D eigenvalue weighted by Gasteiger charge is -2.51. The molecule has 2 bridgehead atoms. The first kappa shape index (κ1) is 17.0. The number of fused-ring (bicyclic) bond motifs is 3. The van der Waals surface area contributed by atoms with Crippen molar-refractivity contribution in [1.29, 1.82) is 0 Å². The number of nitrogens with zero attached hydrogens (tertiary/aromatic N) is 2. The SMILES string of the molecule is Cc1cccc(NC(=O)N[C@@H]2C3CCN(CC3)[C@H]2Cc2cccnc2)c1. The van der Waals surface area contributed by atoms with Crippen LogP contribution in [0, 0.1) is 12.8 Å². The molecule has 1 aromatic heterocycles. The highest BCUT2D eigenvalue weighted by Gasteiger charge is 2.42. The summed E-state index contributed by atoms with van der Waals surface area (Å²) >= 11 is 0. The smallest absolute Gasteiger partial charge is 0.319 e. The van der Waals surface area contributed by atoms with E-state index in [-0.39, 0.29) is 12.1 Å². The van der Waals surface area contributed by atoms with Gasteiger partial charge in [0.15, 0.2) is 0 Å². The maximum absolute atomic E-state index is 12.6. The average molecular weight is 350 g/mol. The van der Waals surface area contributed by atoms with Crippen LogP contribution in [0.5, 0.6) is 0 Å². The number of carbonyl (C=O) groups excluding carboxylic acids is 1. The van der Waals surface area contributed by atoms with Gasteiger partial charge in [0.05, 0.1) is 0 Å². The molecule has 3 aliphatic heterocycles. The Kier molecular flexibility index (Phi) is 4.89. The van der Waals surface area contributed by atoms with Crippen LogP contribution in [0.4, 0.5) is 10.5 Å². The summed E-state index contributed by atoms with van der Waals surface area (Å²) in [6.45, 7) is 4.29. The van der Waals surface area contributed by atoms with Crippen molar-refractivity contribution < 1.29 is 4.79 Å². The molecule has 0 spiro atoms. The summed E-state index contributed by atoms with van der Waals surface area (Å²) in [6.07, 6.45) is 7.01. The predicted octanol–water partition coefficient (Wildman–Crippen LogP) is 3.22. The Morgan fingerprint density at radius 1 is 1.23 bits per heavy atom. The highest BCUT2D eigenvalue weighted by Crippen LogP contribution is 2.34. The number of amides is 2. The Morgan fingerprint density at radius 2 is 2.08 bits per heavy atom. The fraction of sp³-hybridized carbons (Fsp3) is 0.429. The third-order valence-corrected chi connectivity index (χ3v) is 5.71. The van der Waals surface area contributed by atoms with Crippen molar-refractivity contribution in [1.82, 2.24) is 15.2 Å². The molecule has 26 heavy (non-hydrogen) atoms. The zero-order chi connectivity index (χ0) is 17.9. The number of hydrogen-bond acceptors (Lipinski definition) is 3. The molecule has 5 nitrogen and oxygen atoms in total. The molecule has 3 aliphatic rings. The van der Waals surface area contributed by atoms with Gasteiger partial charge in [-0.1, -0.05) is 18.2 Å². The van der Waals surface area contributed by atoms with Crippen molar-refractivity contribution in [3.05, 3.63) is 59.9 Å². The second-order valence-corrected chi connectivity index (χ2v) is 7.50. The summed E-state index contributed by atoms with van der Waals surface area (Å²) in [5, 5.41) is 6.27. The number of carbonyl (C=O) groups is 1. The molecule has 4 heterocycles. The van der Waals surface area contributed by atoms with Gasteiger partial charge in [-0.2, -0.15) is 0 Å². The van der Waals surface area contributed by atoms with Crippen molar-refractivity contribution in [2.24, 2.45) is 5.92 Å². The molecule has 3 fully saturated rings. The summed E-state index contributed by atoms with van der Waals surface area (Å²) in [4.78, 5) is 19.4. The van der Waals surface area contributed by atoms with Crippen LogP contribution < -0.4 is 10.6 Å². The maximum Gasteiger partial charge on any atom is 0.319 e. The average Bonchev–Trinajstić information content (AvgIpc) is 2.65. The van der Waals surface area contributed by atoms with Gasteiger partial charge in [0, 0.05) is 30.2 Å². The van der Waals surface area contributed by atoms with E-state index in [1.54, 1.807) is 0 Å². The molecular formula is C21H26N4O. The van der Waals surface area contributed by atoms with Gasteiger partial charge in [-0.3, -0.25) is 9.88 Å². The van der Waals surface area contributed by atoms with Gasteiger partial charge >= 0.3 is 6.03 Å². The number of piperidine rings is 3. The van der Waals surface area contributed by atoms with E-state index in [1.165, 1.54) is 18.4 Å². The Morgan fingerprint density at radius 3 is 2.81 bits per heavy atom. The zero-order valence-corrected chi connectivity index (χ0v) is 15.2. The van der Waals surface area contributed by atoms with Crippen LogP contribution in [-0.2, 0) is 6.42 Å². The molecular weight excluding hydrogens is 324 g/mol. The molecule has 1 aromatic carbocycles. The number of rotatable bonds is 4. The molecule has 2 amide bonds. The summed E-state index contributed by atoms with van der Waals surface area (Å²) in [5.74, 6) is 0.560. The molecule has 2 atom stereocenters. The normalized spacial score (nSPS) is 27.1. The monoisotopic (exact) mass is 350 g/mol. The van der Waals surface area contributed by atoms with E-state index in [0.29, 0.717) is 12.0 Å². The minimum atomic E-state index is -0.106. The van der Waals surface area contributed by atoms with Crippen LogP contribution in [0.3, 0.4) is 0 Å². The van der Waals surface area contributed by atoms with Gasteiger partial charge < -0.3 is 10.6 Å². The molecule has 0 saturated carbocycles. The first-order chi connectivity index (χ1) is 12.7. The number of aryl methyl sites for hydroxylation is 1. The number of pyridine rings is 1. The quantitative estimate of drug-likeness (QED) is 0.890. The van der Waals surface area contributed by atoms with E-state index in [4.69, 9.17) is 0 Å². The Bertz CT molecular complexity index is 756. The predicted molar refractivity (Wildman–Crippen MR) is 103 cm³/mol. The minimum Gasteiger partial charge on any atom is -0.333 e. The topological polar surface area (TPSA) is 57.3 Å². The van der Waals surface area contributed by atoms with Crippen molar-refractivity contribution in [2.45, 2.75) is 38.3 Å².